The van der Waals surface area contributed by atoms with E-state index in [2.05, 4.69) is 9.27 Å². The molecule has 0 atom stereocenters. The number of primary amides is 1. The second-order valence-electron chi connectivity index (χ2n) is 4.58. The Morgan fingerprint density at radius 3 is 2.78 bits per heavy atom. The maximum atomic E-state index is 11.3. The molecule has 1 aromatic rings. The van der Waals surface area contributed by atoms with Crippen LogP contribution in [0.3, 0.4) is 0 Å². The Morgan fingerprint density at radius 2 is 2.17 bits per heavy atom. The van der Waals surface area contributed by atoms with Crippen molar-refractivity contribution in [1.82, 2.24) is 9.27 Å². The van der Waals surface area contributed by atoms with Crippen LogP contribution in [0.1, 0.15) is 23.2 Å². The zero-order valence-corrected chi connectivity index (χ0v) is 11.4. The van der Waals surface area contributed by atoms with Crippen molar-refractivity contribution in [1.29, 1.82) is 0 Å². The Bertz CT molecular complexity index is 427. The summed E-state index contributed by atoms with van der Waals surface area (Å²) in [6.45, 7) is 4.18. The van der Waals surface area contributed by atoms with Gasteiger partial charge in [0.25, 0.3) is 5.91 Å². The van der Waals surface area contributed by atoms with Crippen LogP contribution in [0.5, 0.6) is 0 Å². The van der Waals surface area contributed by atoms with Gasteiger partial charge in [0.15, 0.2) is 5.82 Å². The highest BCUT2D eigenvalue weighted by atomic mass is 32.1. The summed E-state index contributed by atoms with van der Waals surface area (Å²) in [6.07, 6.45) is 2.56. The number of nitrogen functional groups attached to an aromatic ring is 1. The van der Waals surface area contributed by atoms with Crippen molar-refractivity contribution in [3.05, 3.63) is 5.56 Å². The second kappa shape index (κ2) is 5.53. The standard InChI is InChI=1S/C11H19N5OS/c1-15(6-7-16-4-2-3-5-16)11-8(10(13)17)9(12)14-18-11/h2-7H2,1H3,(H2,12,14)(H2,13,17). The van der Waals surface area contributed by atoms with Gasteiger partial charge in [0, 0.05) is 20.1 Å². The zero-order valence-electron chi connectivity index (χ0n) is 10.6. The number of nitrogens with two attached hydrogens (primary N) is 2. The minimum Gasteiger partial charge on any atom is -0.382 e. The lowest BCUT2D eigenvalue weighted by Gasteiger charge is -2.22. The fourth-order valence-corrected chi connectivity index (χ4v) is 2.99. The highest BCUT2D eigenvalue weighted by molar-refractivity contribution is 7.11. The topological polar surface area (TPSA) is 88.5 Å². The van der Waals surface area contributed by atoms with Gasteiger partial charge in [-0.05, 0) is 37.5 Å². The van der Waals surface area contributed by atoms with Gasteiger partial charge in [0.05, 0.1) is 0 Å². The van der Waals surface area contributed by atoms with E-state index in [-0.39, 0.29) is 5.82 Å². The molecule has 1 fully saturated rings. The largest absolute Gasteiger partial charge is 0.382 e. The first-order chi connectivity index (χ1) is 8.59. The molecule has 1 saturated heterocycles. The van der Waals surface area contributed by atoms with Crippen molar-refractivity contribution in [3.8, 4) is 0 Å². The van der Waals surface area contributed by atoms with Crippen molar-refractivity contribution in [3.63, 3.8) is 0 Å². The normalized spacial score (nSPS) is 16.1. The van der Waals surface area contributed by atoms with Crippen LogP contribution in [0.25, 0.3) is 0 Å². The molecule has 18 heavy (non-hydrogen) atoms. The molecule has 6 nitrogen and oxygen atoms in total. The molecule has 0 bridgehead atoms. The van der Waals surface area contributed by atoms with E-state index in [1.54, 1.807) is 0 Å². The molecule has 0 spiro atoms. The van der Waals surface area contributed by atoms with E-state index in [1.807, 2.05) is 11.9 Å². The molecular weight excluding hydrogens is 250 g/mol. The number of carbonyl (C=O) groups is 1. The van der Waals surface area contributed by atoms with E-state index < -0.39 is 5.91 Å². The number of rotatable bonds is 5. The lowest BCUT2D eigenvalue weighted by atomic mass is 10.3. The minimum absolute atomic E-state index is 0.232. The Balaban J connectivity index is 1.99. The Morgan fingerprint density at radius 1 is 1.50 bits per heavy atom. The summed E-state index contributed by atoms with van der Waals surface area (Å²) in [7, 11) is 1.94. The van der Waals surface area contributed by atoms with Gasteiger partial charge in [-0.25, -0.2) is 0 Å². The summed E-state index contributed by atoms with van der Waals surface area (Å²) in [5.74, 6) is -0.278. The molecule has 100 valence electrons. The third-order valence-corrected chi connectivity index (χ3v) is 4.22. The average molecular weight is 269 g/mol. The smallest absolute Gasteiger partial charge is 0.255 e. The first kappa shape index (κ1) is 13.1. The number of carbonyl (C=O) groups excluding carboxylic acids is 1. The van der Waals surface area contributed by atoms with Gasteiger partial charge >= 0.3 is 0 Å². The van der Waals surface area contributed by atoms with E-state index in [0.29, 0.717) is 5.56 Å². The van der Waals surface area contributed by atoms with Crippen LogP contribution in [0.15, 0.2) is 0 Å². The molecule has 7 heteroatoms. The lowest BCUT2D eigenvalue weighted by molar-refractivity contribution is 0.100. The molecule has 2 heterocycles. The third-order valence-electron chi connectivity index (χ3n) is 3.24. The fourth-order valence-electron chi connectivity index (χ4n) is 2.18. The van der Waals surface area contributed by atoms with Crippen molar-refractivity contribution in [2.24, 2.45) is 5.73 Å². The molecule has 1 aliphatic heterocycles. The van der Waals surface area contributed by atoms with Crippen LogP contribution in [0.4, 0.5) is 10.8 Å². The number of amides is 1. The van der Waals surface area contributed by atoms with E-state index in [9.17, 15) is 4.79 Å². The Kier molecular flexibility index (Phi) is 4.03. The summed E-state index contributed by atoms with van der Waals surface area (Å²) < 4.78 is 4.00. The highest BCUT2D eigenvalue weighted by Crippen LogP contribution is 2.29. The highest BCUT2D eigenvalue weighted by Gasteiger charge is 2.20. The summed E-state index contributed by atoms with van der Waals surface area (Å²) in [4.78, 5) is 15.8. The van der Waals surface area contributed by atoms with E-state index in [4.69, 9.17) is 11.5 Å². The van der Waals surface area contributed by atoms with Gasteiger partial charge in [-0.15, -0.1) is 0 Å². The second-order valence-corrected chi connectivity index (χ2v) is 5.33. The first-order valence-corrected chi connectivity index (χ1v) is 6.85. The predicted octanol–water partition coefficient (Wildman–Crippen LogP) is 0.356. The minimum atomic E-state index is -0.510. The van der Waals surface area contributed by atoms with Crippen molar-refractivity contribution < 1.29 is 4.79 Å². The number of anilines is 2. The number of likely N-dealkylation sites (tertiary alicyclic amines) is 1. The molecule has 2 rings (SSSR count). The summed E-state index contributed by atoms with van der Waals surface area (Å²) in [5, 5.41) is 0.763. The lowest BCUT2D eigenvalue weighted by Crippen LogP contribution is -2.32. The number of aromatic nitrogens is 1. The van der Waals surface area contributed by atoms with Gasteiger partial charge in [0.1, 0.15) is 10.6 Å². The predicted molar refractivity (Wildman–Crippen MR) is 74.0 cm³/mol. The van der Waals surface area contributed by atoms with E-state index in [1.165, 1.54) is 37.5 Å². The summed E-state index contributed by atoms with van der Waals surface area (Å²) in [6, 6.07) is 0. The van der Waals surface area contributed by atoms with Crippen LogP contribution in [0.2, 0.25) is 0 Å². The molecule has 0 aromatic carbocycles. The molecule has 1 aromatic heterocycles. The van der Waals surface area contributed by atoms with Crippen molar-refractivity contribution in [2.45, 2.75) is 12.8 Å². The molecular formula is C11H19N5OS. The quantitative estimate of drug-likeness (QED) is 0.805. The summed E-state index contributed by atoms with van der Waals surface area (Å²) >= 11 is 1.23. The maximum absolute atomic E-state index is 11.3. The van der Waals surface area contributed by atoms with Crippen molar-refractivity contribution >= 4 is 28.3 Å². The molecule has 0 unspecified atom stereocenters. The van der Waals surface area contributed by atoms with E-state index >= 15 is 0 Å². The van der Waals surface area contributed by atoms with Crippen LogP contribution in [-0.4, -0.2) is 48.4 Å². The number of nitrogens with zero attached hydrogens (tertiary/aromatic N) is 3. The van der Waals surface area contributed by atoms with Gasteiger partial charge in [-0.2, -0.15) is 4.37 Å². The Hall–Kier alpha value is -1.34. The average Bonchev–Trinajstić information content (AvgIpc) is 2.94. The van der Waals surface area contributed by atoms with Gasteiger partial charge in [0.2, 0.25) is 0 Å². The molecule has 1 amide bonds. The molecule has 0 radical (unpaired) electrons. The number of hydrogen-bond acceptors (Lipinski definition) is 6. The third kappa shape index (κ3) is 2.73. The number of likely N-dealkylation sites (N-methyl/N-ethyl adjacent to an activating group) is 1. The first-order valence-electron chi connectivity index (χ1n) is 6.08. The summed E-state index contributed by atoms with van der Waals surface area (Å²) in [5.41, 5.74) is 11.3. The fraction of sp³-hybridized carbons (Fsp3) is 0.636. The monoisotopic (exact) mass is 269 g/mol. The van der Waals surface area contributed by atoms with Crippen LogP contribution in [-0.2, 0) is 0 Å². The SMILES string of the molecule is CN(CCN1CCCC1)c1snc(N)c1C(N)=O. The number of hydrogen-bond donors (Lipinski definition) is 2. The molecule has 0 saturated carbocycles. The van der Waals surface area contributed by atoms with E-state index in [0.717, 1.165) is 18.1 Å². The van der Waals surface area contributed by atoms with Crippen molar-refractivity contribution in [2.75, 3.05) is 43.9 Å². The Labute approximate surface area is 111 Å². The van der Waals surface area contributed by atoms with Crippen LogP contribution >= 0.6 is 11.5 Å². The maximum Gasteiger partial charge on any atom is 0.255 e. The molecule has 1 aliphatic rings. The van der Waals surface area contributed by atoms with Gasteiger partial charge < -0.3 is 21.3 Å². The van der Waals surface area contributed by atoms with Gasteiger partial charge in [-0.1, -0.05) is 0 Å². The zero-order chi connectivity index (χ0) is 13.1. The molecule has 4 N–H and O–H groups in total. The van der Waals surface area contributed by atoms with Gasteiger partial charge in [-0.3, -0.25) is 4.79 Å². The van der Waals surface area contributed by atoms with Crippen LogP contribution < -0.4 is 16.4 Å². The molecule has 0 aliphatic carbocycles. The van der Waals surface area contributed by atoms with Crippen LogP contribution in [0, 0.1) is 0 Å².